The van der Waals surface area contributed by atoms with E-state index >= 15 is 0 Å². The van der Waals surface area contributed by atoms with Gasteiger partial charge in [0.25, 0.3) is 5.91 Å². The summed E-state index contributed by atoms with van der Waals surface area (Å²) in [4.78, 5) is 14.4. The molecule has 1 aliphatic heterocycles. The number of ether oxygens (including phenoxy) is 1. The third kappa shape index (κ3) is 4.55. The fraction of sp³-hybridized carbons (Fsp3) is 0.533. The third-order valence-corrected chi connectivity index (χ3v) is 4.56. The lowest BCUT2D eigenvalue weighted by atomic mass is 10.1. The number of hydrogen-bond donors (Lipinski definition) is 2. The highest BCUT2D eigenvalue weighted by atomic mass is 127. The molecule has 5 nitrogen and oxygen atoms in total. The highest BCUT2D eigenvalue weighted by Gasteiger charge is 2.22. The summed E-state index contributed by atoms with van der Waals surface area (Å²) in [5.74, 6) is 0.0829. The second-order valence-corrected chi connectivity index (χ2v) is 6.37. The minimum Gasteiger partial charge on any atom is -0.507 e. The first-order chi connectivity index (χ1) is 10.1. The SMILES string of the molecule is COCCN(CC1CCCN1)C(=O)c1ccc(I)c(O)c1. The molecule has 1 aliphatic rings. The molecule has 1 aromatic carbocycles. The Morgan fingerprint density at radius 2 is 2.38 bits per heavy atom. The Hall–Kier alpha value is -0.860. The van der Waals surface area contributed by atoms with Crippen LogP contribution in [0.4, 0.5) is 0 Å². The van der Waals surface area contributed by atoms with Gasteiger partial charge in [-0.25, -0.2) is 0 Å². The van der Waals surface area contributed by atoms with Crippen LogP contribution in [0.5, 0.6) is 5.75 Å². The number of amides is 1. The maximum Gasteiger partial charge on any atom is 0.254 e. The van der Waals surface area contributed by atoms with E-state index < -0.39 is 0 Å². The van der Waals surface area contributed by atoms with Crippen molar-refractivity contribution in [1.29, 1.82) is 0 Å². The van der Waals surface area contributed by atoms with Gasteiger partial charge in [0.1, 0.15) is 5.75 Å². The minimum atomic E-state index is -0.0625. The van der Waals surface area contributed by atoms with Crippen molar-refractivity contribution in [2.24, 2.45) is 0 Å². The van der Waals surface area contributed by atoms with Crippen molar-refractivity contribution in [2.75, 3.05) is 33.4 Å². The normalized spacial score (nSPS) is 17.9. The Morgan fingerprint density at radius 3 is 3.00 bits per heavy atom. The van der Waals surface area contributed by atoms with Crippen molar-refractivity contribution >= 4 is 28.5 Å². The molecule has 0 spiro atoms. The summed E-state index contributed by atoms with van der Waals surface area (Å²) in [5, 5.41) is 13.2. The molecule has 0 aliphatic carbocycles. The first kappa shape index (κ1) is 16.5. The summed E-state index contributed by atoms with van der Waals surface area (Å²) in [6.45, 7) is 2.76. The van der Waals surface area contributed by atoms with E-state index in [9.17, 15) is 9.90 Å². The van der Waals surface area contributed by atoms with Gasteiger partial charge in [0.05, 0.1) is 10.2 Å². The number of nitrogens with one attached hydrogen (secondary N) is 1. The standard InChI is InChI=1S/C15H21IN2O3/c1-21-8-7-18(10-12-3-2-6-17-12)15(20)11-4-5-13(16)14(19)9-11/h4-5,9,12,17,19H,2-3,6-8,10H2,1H3. The zero-order valence-corrected chi connectivity index (χ0v) is 14.3. The van der Waals surface area contributed by atoms with Crippen LogP contribution in [0.15, 0.2) is 18.2 Å². The number of phenols is 1. The van der Waals surface area contributed by atoms with E-state index in [-0.39, 0.29) is 11.7 Å². The van der Waals surface area contributed by atoms with Crippen molar-refractivity contribution in [3.05, 3.63) is 27.3 Å². The van der Waals surface area contributed by atoms with Gasteiger partial charge >= 0.3 is 0 Å². The largest absolute Gasteiger partial charge is 0.507 e. The van der Waals surface area contributed by atoms with Crippen molar-refractivity contribution in [1.82, 2.24) is 10.2 Å². The Kier molecular flexibility index (Phi) is 6.25. The molecule has 0 saturated carbocycles. The Bertz CT molecular complexity index is 490. The van der Waals surface area contributed by atoms with Crippen LogP contribution in [0.25, 0.3) is 0 Å². The van der Waals surface area contributed by atoms with Gasteiger partial charge in [-0.1, -0.05) is 0 Å². The third-order valence-electron chi connectivity index (χ3n) is 3.65. The summed E-state index contributed by atoms with van der Waals surface area (Å²) in [6, 6.07) is 5.40. The number of methoxy groups -OCH3 is 1. The molecule has 0 aromatic heterocycles. The lowest BCUT2D eigenvalue weighted by molar-refractivity contribution is 0.0679. The Morgan fingerprint density at radius 1 is 1.57 bits per heavy atom. The molecule has 0 radical (unpaired) electrons. The van der Waals surface area contributed by atoms with Crippen LogP contribution in [0.1, 0.15) is 23.2 Å². The molecule has 1 unspecified atom stereocenters. The van der Waals surface area contributed by atoms with Gasteiger partial charge in [-0.2, -0.15) is 0 Å². The molecule has 1 amide bonds. The highest BCUT2D eigenvalue weighted by molar-refractivity contribution is 14.1. The minimum absolute atomic E-state index is 0.0625. The van der Waals surface area contributed by atoms with Crippen LogP contribution >= 0.6 is 22.6 Å². The maximum absolute atomic E-state index is 12.6. The van der Waals surface area contributed by atoms with Crippen LogP contribution in [0, 0.1) is 3.57 Å². The van der Waals surface area contributed by atoms with E-state index in [1.165, 1.54) is 6.07 Å². The fourth-order valence-corrected chi connectivity index (χ4v) is 2.82. The number of phenolic OH excluding ortho intramolecular Hbond substituents is 1. The van der Waals surface area contributed by atoms with Crippen molar-refractivity contribution < 1.29 is 14.6 Å². The summed E-state index contributed by atoms with van der Waals surface area (Å²) in [5.41, 5.74) is 0.516. The van der Waals surface area contributed by atoms with E-state index in [1.54, 1.807) is 24.1 Å². The Balaban J connectivity index is 2.09. The van der Waals surface area contributed by atoms with Gasteiger partial charge in [0, 0.05) is 31.8 Å². The number of aromatic hydroxyl groups is 1. The molecule has 1 heterocycles. The molecule has 1 aromatic rings. The number of benzene rings is 1. The van der Waals surface area contributed by atoms with Crippen molar-refractivity contribution in [2.45, 2.75) is 18.9 Å². The summed E-state index contributed by atoms with van der Waals surface area (Å²) < 4.78 is 5.84. The van der Waals surface area contributed by atoms with Crippen LogP contribution in [0.3, 0.4) is 0 Å². The smallest absolute Gasteiger partial charge is 0.254 e. The van der Waals surface area contributed by atoms with Crippen LogP contribution in [-0.2, 0) is 4.74 Å². The first-order valence-electron chi connectivity index (χ1n) is 7.12. The Labute approximate surface area is 138 Å². The number of carbonyl (C=O) groups excluding carboxylic acids is 1. The summed E-state index contributed by atoms with van der Waals surface area (Å²) >= 11 is 2.04. The second-order valence-electron chi connectivity index (χ2n) is 5.20. The number of carbonyl (C=O) groups is 1. The zero-order chi connectivity index (χ0) is 15.2. The van der Waals surface area contributed by atoms with E-state index in [0.717, 1.165) is 23.0 Å². The van der Waals surface area contributed by atoms with Gasteiger partial charge < -0.3 is 20.1 Å². The van der Waals surface area contributed by atoms with Gasteiger partial charge in [-0.05, 0) is 60.2 Å². The van der Waals surface area contributed by atoms with E-state index in [4.69, 9.17) is 4.74 Å². The molecule has 1 fully saturated rings. The number of nitrogens with zero attached hydrogens (tertiary/aromatic N) is 1. The van der Waals surface area contributed by atoms with Crippen LogP contribution in [0.2, 0.25) is 0 Å². The fourth-order valence-electron chi connectivity index (χ4n) is 2.48. The average Bonchev–Trinajstić information content (AvgIpc) is 2.98. The average molecular weight is 404 g/mol. The summed E-state index contributed by atoms with van der Waals surface area (Å²) in [7, 11) is 1.63. The molecule has 6 heteroatoms. The molecular weight excluding hydrogens is 383 g/mol. The van der Waals surface area contributed by atoms with Gasteiger partial charge in [0.2, 0.25) is 0 Å². The molecule has 2 rings (SSSR count). The van der Waals surface area contributed by atoms with E-state index in [1.807, 2.05) is 22.6 Å². The number of rotatable bonds is 6. The van der Waals surface area contributed by atoms with Crippen molar-refractivity contribution in [3.8, 4) is 5.75 Å². The first-order valence-corrected chi connectivity index (χ1v) is 8.20. The zero-order valence-electron chi connectivity index (χ0n) is 12.1. The molecule has 116 valence electrons. The topological polar surface area (TPSA) is 61.8 Å². The summed E-state index contributed by atoms with van der Waals surface area (Å²) in [6.07, 6.45) is 2.25. The number of halogens is 1. The van der Waals surface area contributed by atoms with Crippen molar-refractivity contribution in [3.63, 3.8) is 0 Å². The molecule has 1 saturated heterocycles. The van der Waals surface area contributed by atoms with Gasteiger partial charge in [-0.15, -0.1) is 0 Å². The molecule has 21 heavy (non-hydrogen) atoms. The molecule has 1 atom stereocenters. The monoisotopic (exact) mass is 404 g/mol. The second kappa shape index (κ2) is 7.95. The molecular formula is C15H21IN2O3. The predicted octanol–water partition coefficient (Wildman–Crippen LogP) is 1.84. The number of hydrogen-bond acceptors (Lipinski definition) is 4. The van der Waals surface area contributed by atoms with E-state index in [0.29, 0.717) is 31.3 Å². The quantitative estimate of drug-likeness (QED) is 0.711. The highest BCUT2D eigenvalue weighted by Crippen LogP contribution is 2.21. The van der Waals surface area contributed by atoms with Crippen LogP contribution < -0.4 is 5.32 Å². The van der Waals surface area contributed by atoms with Crippen LogP contribution in [-0.4, -0.2) is 55.3 Å². The van der Waals surface area contributed by atoms with E-state index in [2.05, 4.69) is 5.32 Å². The van der Waals surface area contributed by atoms with Gasteiger partial charge in [-0.3, -0.25) is 4.79 Å². The molecule has 0 bridgehead atoms. The lowest BCUT2D eigenvalue weighted by Gasteiger charge is -2.26. The molecule has 2 N–H and O–H groups in total. The maximum atomic E-state index is 12.6. The van der Waals surface area contributed by atoms with Gasteiger partial charge in [0.15, 0.2) is 0 Å². The lowest BCUT2D eigenvalue weighted by Crippen LogP contribution is -2.42. The predicted molar refractivity (Wildman–Crippen MR) is 89.6 cm³/mol.